The third-order valence-corrected chi connectivity index (χ3v) is 11.5. The lowest BCUT2D eigenvalue weighted by molar-refractivity contribution is 0.102. The molecule has 0 heterocycles. The van der Waals surface area contributed by atoms with Gasteiger partial charge in [0.05, 0.1) is 57.0 Å². The van der Waals surface area contributed by atoms with Crippen LogP contribution in [0.2, 0.25) is 0 Å². The van der Waals surface area contributed by atoms with Crippen molar-refractivity contribution in [2.24, 2.45) is 20.5 Å². The van der Waals surface area contributed by atoms with Gasteiger partial charge in [0.1, 0.15) is 11.4 Å². The van der Waals surface area contributed by atoms with Gasteiger partial charge in [-0.25, -0.2) is 16.8 Å². The lowest BCUT2D eigenvalue weighted by Crippen LogP contribution is -2.12. The first-order valence-corrected chi connectivity index (χ1v) is 19.1. The van der Waals surface area contributed by atoms with E-state index in [0.717, 1.165) is 0 Å². The molecule has 0 atom stereocenters. The van der Waals surface area contributed by atoms with Crippen LogP contribution in [0, 0.1) is 0 Å². The van der Waals surface area contributed by atoms with E-state index in [1.807, 2.05) is 0 Å². The number of aromatic hydroxyl groups is 1. The van der Waals surface area contributed by atoms with Gasteiger partial charge in [-0.2, -0.15) is 10.2 Å². The molecule has 0 radical (unpaired) electrons. The molecule has 0 fully saturated rings. The summed E-state index contributed by atoms with van der Waals surface area (Å²) in [4.78, 5) is 13.5. The fourth-order valence-corrected chi connectivity index (χ4v) is 7.42. The van der Waals surface area contributed by atoms with Crippen molar-refractivity contribution in [3.63, 3.8) is 0 Å². The number of nitrogens with two attached hydrogens (primary N) is 1. The van der Waals surface area contributed by atoms with Crippen LogP contribution in [0.15, 0.2) is 125 Å². The number of aliphatic hydroxyl groups is 2. The van der Waals surface area contributed by atoms with Gasteiger partial charge in [-0.1, -0.05) is 0 Å². The zero-order valence-electron chi connectivity index (χ0n) is 26.4. The molecular weight excluding hydrogens is 737 g/mol. The summed E-state index contributed by atoms with van der Waals surface area (Å²) in [6, 6.07) is 20.5. The molecule has 5 aromatic carbocycles. The fraction of sp³-hybridized carbons (Fsp3) is 0.121. The molecule has 18 heteroatoms. The molecule has 0 aromatic heterocycles. The maximum atomic E-state index is 12.8. The Morgan fingerprint density at radius 3 is 1.65 bits per heavy atom. The summed E-state index contributed by atoms with van der Waals surface area (Å²) in [6.07, 6.45) is 0. The number of nitrogen functional groups attached to an aromatic ring is 1. The summed E-state index contributed by atoms with van der Waals surface area (Å²) in [6.45, 7) is -0.999. The van der Waals surface area contributed by atoms with Crippen molar-refractivity contribution in [2.45, 2.75) is 19.6 Å². The van der Waals surface area contributed by atoms with Crippen LogP contribution in [0.25, 0.3) is 10.8 Å². The summed E-state index contributed by atoms with van der Waals surface area (Å²) >= 11 is 8.94. The number of thiol groups is 2. The van der Waals surface area contributed by atoms with Crippen LogP contribution in [0.1, 0.15) is 10.4 Å². The van der Waals surface area contributed by atoms with E-state index < -0.39 is 50.3 Å². The average Bonchev–Trinajstić information content (AvgIpc) is 3.08. The average molecular weight is 767 g/mol. The highest BCUT2D eigenvalue weighted by Crippen LogP contribution is 2.48. The van der Waals surface area contributed by atoms with Gasteiger partial charge in [-0.05, 0) is 90.3 Å². The standard InChI is InChI=1S/C33H30N6O8S4/c34-29-28-20(17-26(48)30(29)38-36-23-7-11-25(12-8-23)51(46,47)16-14-41)18-27(49)31(32(28)42)39-37-22-3-1-19(2-4-22)33(43)35-21-5-9-24(10-6-21)50(44,45)15-13-40/h1-12,17-18,40-42,48-49H,13-16,34H2,(H,35,43). The third-order valence-electron chi connectivity index (χ3n) is 7.39. The summed E-state index contributed by atoms with van der Waals surface area (Å²) in [5, 5.41) is 49.2. The SMILES string of the molecule is Nc1c(N=Nc2ccc(S(=O)(=O)CCO)cc2)c(S)cc2cc(S)c(N=Nc3ccc(C(=O)Nc4ccc(S(=O)(=O)CCO)cc4)cc3)c(O)c12. The number of sulfone groups is 2. The Hall–Kier alpha value is -4.85. The van der Waals surface area contributed by atoms with Gasteiger partial charge in [0.25, 0.3) is 5.91 Å². The van der Waals surface area contributed by atoms with Gasteiger partial charge < -0.3 is 26.4 Å². The number of aliphatic hydroxyl groups excluding tert-OH is 2. The Balaban J connectivity index is 1.34. The first-order chi connectivity index (χ1) is 24.2. The number of carbonyl (C=O) groups excluding carboxylic acids is 1. The minimum absolute atomic E-state index is 0.0123. The molecule has 0 saturated heterocycles. The van der Waals surface area contributed by atoms with E-state index >= 15 is 0 Å². The van der Waals surface area contributed by atoms with E-state index in [2.05, 4.69) is 51.0 Å². The van der Waals surface area contributed by atoms with Crippen molar-refractivity contribution in [3.8, 4) is 5.75 Å². The molecule has 14 nitrogen and oxygen atoms in total. The van der Waals surface area contributed by atoms with Gasteiger partial charge in [0.15, 0.2) is 25.4 Å². The first kappa shape index (κ1) is 37.4. The predicted molar refractivity (Wildman–Crippen MR) is 198 cm³/mol. The molecule has 5 aromatic rings. The highest BCUT2D eigenvalue weighted by atomic mass is 32.2. The van der Waals surface area contributed by atoms with Crippen LogP contribution < -0.4 is 11.1 Å². The number of nitrogens with one attached hydrogen (secondary N) is 1. The van der Waals surface area contributed by atoms with Crippen LogP contribution >= 0.6 is 25.3 Å². The Morgan fingerprint density at radius 2 is 1.14 bits per heavy atom. The molecule has 0 spiro atoms. The topological polar surface area (TPSA) is 234 Å². The molecule has 1 amide bonds. The molecule has 5 rings (SSSR count). The van der Waals surface area contributed by atoms with Crippen molar-refractivity contribution in [2.75, 3.05) is 35.8 Å². The predicted octanol–water partition coefficient (Wildman–Crippen LogP) is 6.32. The second kappa shape index (κ2) is 15.6. The number of azo groups is 2. The van der Waals surface area contributed by atoms with Crippen LogP contribution in [-0.2, 0) is 19.7 Å². The molecule has 0 aliphatic heterocycles. The number of hydrogen-bond donors (Lipinski definition) is 7. The molecule has 0 saturated carbocycles. The highest BCUT2D eigenvalue weighted by Gasteiger charge is 2.19. The number of benzene rings is 5. The van der Waals surface area contributed by atoms with Gasteiger partial charge in [0.2, 0.25) is 0 Å². The van der Waals surface area contributed by atoms with E-state index in [9.17, 15) is 26.7 Å². The molecular formula is C33H30N6O8S4. The van der Waals surface area contributed by atoms with E-state index in [1.165, 1.54) is 72.8 Å². The Kier molecular flexibility index (Phi) is 11.4. The van der Waals surface area contributed by atoms with E-state index in [4.69, 9.17) is 15.9 Å². The number of anilines is 2. The minimum atomic E-state index is -3.63. The second-order valence-electron chi connectivity index (χ2n) is 10.9. The number of phenols is 1. The van der Waals surface area contributed by atoms with E-state index in [-0.39, 0.29) is 48.4 Å². The number of nitrogens with zero attached hydrogens (tertiary/aromatic N) is 4. The number of amides is 1. The minimum Gasteiger partial charge on any atom is -0.505 e. The van der Waals surface area contributed by atoms with Crippen molar-refractivity contribution in [1.82, 2.24) is 0 Å². The Morgan fingerprint density at radius 1 is 0.686 bits per heavy atom. The zero-order chi connectivity index (χ0) is 36.9. The van der Waals surface area contributed by atoms with Crippen molar-refractivity contribution in [3.05, 3.63) is 90.5 Å². The molecule has 264 valence electrons. The van der Waals surface area contributed by atoms with E-state index in [0.29, 0.717) is 27.3 Å². The Labute approximate surface area is 303 Å². The number of rotatable bonds is 12. The lowest BCUT2D eigenvalue weighted by Gasteiger charge is -2.12. The first-order valence-electron chi connectivity index (χ1n) is 14.9. The molecule has 0 aliphatic carbocycles. The maximum Gasteiger partial charge on any atom is 0.255 e. The molecule has 51 heavy (non-hydrogen) atoms. The molecule has 6 N–H and O–H groups in total. The quantitative estimate of drug-likeness (QED) is 0.0427. The van der Waals surface area contributed by atoms with Gasteiger partial charge in [-0.3, -0.25) is 4.79 Å². The van der Waals surface area contributed by atoms with Crippen LogP contribution in [-0.4, -0.2) is 62.8 Å². The molecule has 0 aliphatic rings. The van der Waals surface area contributed by atoms with E-state index in [1.54, 1.807) is 12.1 Å². The lowest BCUT2D eigenvalue weighted by atomic mass is 10.1. The summed E-state index contributed by atoms with van der Waals surface area (Å²) < 4.78 is 48.5. The van der Waals surface area contributed by atoms with Crippen molar-refractivity contribution in [1.29, 1.82) is 0 Å². The van der Waals surface area contributed by atoms with Gasteiger partial charge >= 0.3 is 0 Å². The van der Waals surface area contributed by atoms with Gasteiger partial charge in [0, 0.05) is 21.0 Å². The monoisotopic (exact) mass is 766 g/mol. The highest BCUT2D eigenvalue weighted by molar-refractivity contribution is 7.91. The van der Waals surface area contributed by atoms with Crippen molar-refractivity contribution < 1.29 is 36.9 Å². The smallest absolute Gasteiger partial charge is 0.255 e. The largest absolute Gasteiger partial charge is 0.505 e. The summed E-state index contributed by atoms with van der Waals surface area (Å²) in [5.74, 6) is -1.59. The maximum absolute atomic E-state index is 12.8. The number of hydrogen-bond acceptors (Lipinski definition) is 15. The van der Waals surface area contributed by atoms with Crippen LogP contribution in [0.3, 0.4) is 0 Å². The molecule has 0 unspecified atom stereocenters. The number of carbonyl (C=O) groups is 1. The molecule has 0 bridgehead atoms. The van der Waals surface area contributed by atoms with Crippen LogP contribution in [0.5, 0.6) is 5.75 Å². The Bertz CT molecular complexity index is 2390. The zero-order valence-corrected chi connectivity index (χ0v) is 29.8. The normalized spacial score (nSPS) is 12.2. The second-order valence-corrected chi connectivity index (χ2v) is 16.0. The van der Waals surface area contributed by atoms with Crippen LogP contribution in [0.4, 0.5) is 34.1 Å². The number of phenolic OH excluding ortho intramolecular Hbond substituents is 1. The third kappa shape index (κ3) is 8.55. The van der Waals surface area contributed by atoms with Gasteiger partial charge in [-0.15, -0.1) is 35.5 Å². The summed E-state index contributed by atoms with van der Waals surface area (Å²) in [5.41, 5.74) is 7.95. The fourth-order valence-electron chi connectivity index (χ4n) is 4.78. The summed E-state index contributed by atoms with van der Waals surface area (Å²) in [7, 11) is -7.25. The van der Waals surface area contributed by atoms with Crippen molar-refractivity contribution >= 4 is 95.7 Å². The number of fused-ring (bicyclic) bond motifs is 1.